The third-order valence-corrected chi connectivity index (χ3v) is 4.86. The summed E-state index contributed by atoms with van der Waals surface area (Å²) >= 11 is 0. The minimum atomic E-state index is 0. The van der Waals surface area contributed by atoms with Crippen molar-refractivity contribution in [2.75, 3.05) is 19.6 Å². The van der Waals surface area contributed by atoms with Gasteiger partial charge in [0.25, 0.3) is 0 Å². The van der Waals surface area contributed by atoms with E-state index in [-0.39, 0.29) is 18.3 Å². The first-order valence-electron chi connectivity index (χ1n) is 7.86. The summed E-state index contributed by atoms with van der Waals surface area (Å²) in [6.45, 7) is 2.99. The van der Waals surface area contributed by atoms with Gasteiger partial charge in [-0.2, -0.15) is 0 Å². The van der Waals surface area contributed by atoms with Gasteiger partial charge in [-0.15, -0.1) is 12.4 Å². The van der Waals surface area contributed by atoms with Crippen LogP contribution in [0.4, 0.5) is 0 Å². The predicted octanol–water partition coefficient (Wildman–Crippen LogP) is 2.59. The van der Waals surface area contributed by atoms with Crippen LogP contribution in [0.3, 0.4) is 0 Å². The minimum Gasteiger partial charge on any atom is -0.339 e. The van der Waals surface area contributed by atoms with Crippen LogP contribution in [0.25, 0.3) is 0 Å². The third-order valence-electron chi connectivity index (χ3n) is 4.86. The Balaban J connectivity index is 0.00000133. The number of halogens is 1. The van der Waals surface area contributed by atoms with Crippen LogP contribution in [0.15, 0.2) is 0 Å². The molecule has 3 aliphatic rings. The molecule has 1 amide bonds. The number of nitrogens with zero attached hydrogens (tertiary/aromatic N) is 1. The van der Waals surface area contributed by atoms with Crippen LogP contribution in [-0.2, 0) is 4.79 Å². The molecule has 3 rings (SSSR count). The Morgan fingerprint density at radius 3 is 2.37 bits per heavy atom. The lowest BCUT2D eigenvalue weighted by molar-refractivity contribution is -0.138. The molecule has 1 unspecified atom stereocenters. The van der Waals surface area contributed by atoms with Gasteiger partial charge >= 0.3 is 0 Å². The van der Waals surface area contributed by atoms with Gasteiger partial charge in [-0.1, -0.05) is 19.3 Å². The van der Waals surface area contributed by atoms with Gasteiger partial charge in [-0.3, -0.25) is 4.79 Å². The van der Waals surface area contributed by atoms with Gasteiger partial charge in [0.05, 0.1) is 5.92 Å². The van der Waals surface area contributed by atoms with Gasteiger partial charge in [0.2, 0.25) is 5.91 Å². The lowest BCUT2D eigenvalue weighted by Gasteiger charge is -2.36. The molecule has 3 nitrogen and oxygen atoms in total. The molecule has 2 aliphatic carbocycles. The van der Waals surface area contributed by atoms with Crippen LogP contribution in [0.2, 0.25) is 0 Å². The molecule has 3 fully saturated rings. The number of rotatable bonds is 4. The number of amides is 1. The SMILES string of the molecule is Cl.O=C(C1CCNC1)N(CC1CC1)C1CCCCC1. The number of hydrogen-bond donors (Lipinski definition) is 1. The van der Waals surface area contributed by atoms with E-state index in [1.807, 2.05) is 0 Å². The molecule has 1 atom stereocenters. The highest BCUT2D eigenvalue weighted by molar-refractivity contribution is 5.85. The highest BCUT2D eigenvalue weighted by Crippen LogP contribution is 2.33. The summed E-state index contributed by atoms with van der Waals surface area (Å²) in [4.78, 5) is 15.0. The summed E-state index contributed by atoms with van der Waals surface area (Å²) in [6.07, 6.45) is 10.2. The van der Waals surface area contributed by atoms with Crippen molar-refractivity contribution in [3.8, 4) is 0 Å². The molecular weight excluding hydrogens is 260 g/mol. The zero-order valence-electron chi connectivity index (χ0n) is 11.8. The Labute approximate surface area is 122 Å². The van der Waals surface area contributed by atoms with E-state index in [2.05, 4.69) is 10.2 Å². The molecule has 0 spiro atoms. The van der Waals surface area contributed by atoms with Crippen LogP contribution < -0.4 is 5.32 Å². The quantitative estimate of drug-likeness (QED) is 0.861. The van der Waals surface area contributed by atoms with E-state index in [1.165, 1.54) is 44.9 Å². The van der Waals surface area contributed by atoms with Crippen molar-refractivity contribution in [1.82, 2.24) is 10.2 Å². The molecule has 1 aliphatic heterocycles. The molecule has 2 saturated carbocycles. The monoisotopic (exact) mass is 286 g/mol. The molecule has 0 aromatic rings. The van der Waals surface area contributed by atoms with Crippen molar-refractivity contribution in [2.45, 2.75) is 57.4 Å². The molecule has 19 heavy (non-hydrogen) atoms. The van der Waals surface area contributed by atoms with Crippen molar-refractivity contribution in [2.24, 2.45) is 11.8 Å². The predicted molar refractivity (Wildman–Crippen MR) is 79.5 cm³/mol. The van der Waals surface area contributed by atoms with Gasteiger partial charge < -0.3 is 10.2 Å². The first-order valence-corrected chi connectivity index (χ1v) is 7.86. The summed E-state index contributed by atoms with van der Waals surface area (Å²) in [5.41, 5.74) is 0. The van der Waals surface area contributed by atoms with Crippen LogP contribution in [0.1, 0.15) is 51.4 Å². The summed E-state index contributed by atoms with van der Waals surface area (Å²) in [6, 6.07) is 0.562. The zero-order chi connectivity index (χ0) is 12.4. The molecule has 0 bridgehead atoms. The summed E-state index contributed by atoms with van der Waals surface area (Å²) in [5.74, 6) is 1.55. The third kappa shape index (κ3) is 3.85. The number of carbonyl (C=O) groups excluding carboxylic acids is 1. The van der Waals surface area contributed by atoms with E-state index >= 15 is 0 Å². The molecule has 0 aromatic carbocycles. The van der Waals surface area contributed by atoms with Gasteiger partial charge in [0.15, 0.2) is 0 Å². The summed E-state index contributed by atoms with van der Waals surface area (Å²) < 4.78 is 0. The number of carbonyl (C=O) groups is 1. The zero-order valence-corrected chi connectivity index (χ0v) is 12.6. The van der Waals surface area contributed by atoms with Crippen molar-refractivity contribution in [1.29, 1.82) is 0 Å². The fourth-order valence-corrected chi connectivity index (χ4v) is 3.49. The molecule has 0 radical (unpaired) electrons. The van der Waals surface area contributed by atoms with Gasteiger partial charge in [0.1, 0.15) is 0 Å². The van der Waals surface area contributed by atoms with Crippen LogP contribution >= 0.6 is 12.4 Å². The molecule has 0 aromatic heterocycles. The highest BCUT2D eigenvalue weighted by atomic mass is 35.5. The van der Waals surface area contributed by atoms with E-state index in [1.54, 1.807) is 0 Å². The van der Waals surface area contributed by atoms with E-state index in [0.29, 0.717) is 11.9 Å². The maximum Gasteiger partial charge on any atom is 0.227 e. The van der Waals surface area contributed by atoms with Crippen LogP contribution in [-0.4, -0.2) is 36.5 Å². The lowest BCUT2D eigenvalue weighted by Crippen LogP contribution is -2.46. The number of nitrogens with one attached hydrogen (secondary N) is 1. The molecular formula is C15H27ClN2O. The maximum absolute atomic E-state index is 12.7. The Hall–Kier alpha value is -0.280. The first kappa shape index (κ1) is 15.1. The topological polar surface area (TPSA) is 32.3 Å². The molecule has 1 heterocycles. The van der Waals surface area contributed by atoms with Gasteiger partial charge in [0, 0.05) is 19.1 Å². The average molecular weight is 287 g/mol. The lowest BCUT2D eigenvalue weighted by atomic mass is 9.92. The average Bonchev–Trinajstić information content (AvgIpc) is 3.07. The van der Waals surface area contributed by atoms with Crippen molar-refractivity contribution >= 4 is 18.3 Å². The van der Waals surface area contributed by atoms with E-state index < -0.39 is 0 Å². The second kappa shape index (κ2) is 6.94. The maximum atomic E-state index is 12.7. The fraction of sp³-hybridized carbons (Fsp3) is 0.933. The van der Waals surface area contributed by atoms with Crippen molar-refractivity contribution in [3.05, 3.63) is 0 Å². The van der Waals surface area contributed by atoms with Gasteiger partial charge in [-0.25, -0.2) is 0 Å². The molecule has 1 saturated heterocycles. The summed E-state index contributed by atoms with van der Waals surface area (Å²) in [5, 5.41) is 3.33. The van der Waals surface area contributed by atoms with Crippen LogP contribution in [0.5, 0.6) is 0 Å². The fourth-order valence-electron chi connectivity index (χ4n) is 3.49. The molecule has 1 N–H and O–H groups in total. The molecule has 4 heteroatoms. The van der Waals surface area contributed by atoms with Crippen LogP contribution in [0, 0.1) is 11.8 Å². The van der Waals surface area contributed by atoms with Crippen molar-refractivity contribution in [3.63, 3.8) is 0 Å². The van der Waals surface area contributed by atoms with Crippen molar-refractivity contribution < 1.29 is 4.79 Å². The second-order valence-electron chi connectivity index (χ2n) is 6.42. The second-order valence-corrected chi connectivity index (χ2v) is 6.42. The van der Waals surface area contributed by atoms with E-state index in [9.17, 15) is 4.79 Å². The normalized spacial score (nSPS) is 27.9. The Bertz CT molecular complexity index is 295. The van der Waals surface area contributed by atoms with Gasteiger partial charge in [-0.05, 0) is 44.6 Å². The molecule has 110 valence electrons. The Kier molecular flexibility index (Phi) is 5.52. The Morgan fingerprint density at radius 1 is 1.05 bits per heavy atom. The number of hydrogen-bond acceptors (Lipinski definition) is 2. The minimum absolute atomic E-state index is 0. The summed E-state index contributed by atoms with van der Waals surface area (Å²) in [7, 11) is 0. The smallest absolute Gasteiger partial charge is 0.227 e. The Morgan fingerprint density at radius 2 is 1.79 bits per heavy atom. The standard InChI is InChI=1S/C15H26N2O.ClH/c18-15(13-8-9-16-10-13)17(11-12-6-7-12)14-4-2-1-3-5-14;/h12-14,16H,1-11H2;1H. The van der Waals surface area contributed by atoms with E-state index in [0.717, 1.165) is 32.0 Å². The first-order chi connectivity index (χ1) is 8.84. The van der Waals surface area contributed by atoms with E-state index in [4.69, 9.17) is 0 Å². The highest BCUT2D eigenvalue weighted by Gasteiger charge is 2.35. The largest absolute Gasteiger partial charge is 0.339 e.